The molecular formula is C16H16FN3O2. The zero-order valence-corrected chi connectivity index (χ0v) is 12.0. The van der Waals surface area contributed by atoms with Gasteiger partial charge in [-0.2, -0.15) is 5.26 Å². The van der Waals surface area contributed by atoms with Crippen molar-refractivity contribution in [3.63, 3.8) is 0 Å². The predicted octanol–water partition coefficient (Wildman–Crippen LogP) is 1.32. The van der Waals surface area contributed by atoms with Gasteiger partial charge >= 0.3 is 0 Å². The summed E-state index contributed by atoms with van der Waals surface area (Å²) in [5.74, 6) is -1.70. The van der Waals surface area contributed by atoms with E-state index in [0.717, 1.165) is 0 Å². The van der Waals surface area contributed by atoms with E-state index < -0.39 is 11.7 Å². The number of amides is 2. The number of fused-ring (bicyclic) bond motifs is 1. The number of halogens is 1. The highest BCUT2D eigenvalue weighted by Gasteiger charge is 2.40. The fourth-order valence-corrected chi connectivity index (χ4v) is 3.25. The lowest BCUT2D eigenvalue weighted by Gasteiger charge is -2.42. The van der Waals surface area contributed by atoms with Crippen molar-refractivity contribution in [2.75, 3.05) is 13.1 Å². The van der Waals surface area contributed by atoms with Crippen LogP contribution in [-0.2, 0) is 4.79 Å². The average molecular weight is 301 g/mol. The number of piperidine rings is 2. The van der Waals surface area contributed by atoms with E-state index >= 15 is 0 Å². The van der Waals surface area contributed by atoms with Crippen LogP contribution in [0.3, 0.4) is 0 Å². The van der Waals surface area contributed by atoms with E-state index in [-0.39, 0.29) is 29.3 Å². The summed E-state index contributed by atoms with van der Waals surface area (Å²) in [6, 6.07) is 7.93. The lowest BCUT2D eigenvalue weighted by Crippen LogP contribution is -2.57. The molecule has 1 N–H and O–H groups in total. The summed E-state index contributed by atoms with van der Waals surface area (Å²) in [5.41, 5.74) is 0.0672. The van der Waals surface area contributed by atoms with Gasteiger partial charge in [0.15, 0.2) is 0 Å². The Bertz CT molecular complexity index is 655. The molecule has 2 heterocycles. The zero-order chi connectivity index (χ0) is 15.7. The Morgan fingerprint density at radius 2 is 2.18 bits per heavy atom. The molecule has 6 heteroatoms. The molecule has 0 aromatic heterocycles. The first-order chi connectivity index (χ1) is 10.6. The van der Waals surface area contributed by atoms with Gasteiger partial charge < -0.3 is 10.2 Å². The Morgan fingerprint density at radius 3 is 2.91 bits per heavy atom. The maximum absolute atomic E-state index is 13.7. The van der Waals surface area contributed by atoms with Crippen molar-refractivity contribution < 1.29 is 14.0 Å². The first kappa shape index (κ1) is 14.5. The molecule has 3 unspecified atom stereocenters. The molecule has 1 aromatic rings. The molecule has 3 rings (SSSR count). The number of nitriles is 1. The Hall–Kier alpha value is -2.42. The van der Waals surface area contributed by atoms with Crippen LogP contribution in [-0.4, -0.2) is 35.8 Å². The number of nitrogens with one attached hydrogen (secondary N) is 1. The summed E-state index contributed by atoms with van der Waals surface area (Å²) in [6.45, 7) is 0.919. The van der Waals surface area contributed by atoms with Crippen molar-refractivity contribution in [1.82, 2.24) is 10.2 Å². The van der Waals surface area contributed by atoms with Crippen LogP contribution in [0.25, 0.3) is 0 Å². The molecule has 2 aliphatic heterocycles. The number of benzene rings is 1. The minimum atomic E-state index is -0.662. The van der Waals surface area contributed by atoms with Gasteiger partial charge in [0, 0.05) is 19.1 Å². The normalized spacial score (nSPS) is 27.5. The fraction of sp³-hybridized carbons (Fsp3) is 0.438. The Balaban J connectivity index is 1.74. The van der Waals surface area contributed by atoms with Crippen LogP contribution in [0.4, 0.5) is 4.39 Å². The monoisotopic (exact) mass is 301 g/mol. The maximum atomic E-state index is 13.7. The van der Waals surface area contributed by atoms with Crippen molar-refractivity contribution in [3.05, 3.63) is 35.6 Å². The number of carbonyl (C=O) groups is 2. The van der Waals surface area contributed by atoms with Gasteiger partial charge in [-0.15, -0.1) is 0 Å². The molecule has 2 amide bonds. The van der Waals surface area contributed by atoms with Gasteiger partial charge in [0.05, 0.1) is 11.6 Å². The summed E-state index contributed by atoms with van der Waals surface area (Å²) in [6.07, 6.45) is 1.09. The van der Waals surface area contributed by atoms with Crippen molar-refractivity contribution in [3.8, 4) is 6.07 Å². The third kappa shape index (κ3) is 2.54. The summed E-state index contributed by atoms with van der Waals surface area (Å²) in [7, 11) is 0. The van der Waals surface area contributed by atoms with Crippen LogP contribution in [0.2, 0.25) is 0 Å². The number of hydrogen-bond donors (Lipinski definition) is 1. The topological polar surface area (TPSA) is 73.2 Å². The summed E-state index contributed by atoms with van der Waals surface area (Å²) in [4.78, 5) is 25.8. The molecule has 0 aliphatic carbocycles. The Kier molecular flexibility index (Phi) is 3.80. The molecule has 114 valence electrons. The SMILES string of the molecule is N#CC1CC2CN(C(=O)c3ccccc3F)CCC2NC1=O. The second-order valence-corrected chi connectivity index (χ2v) is 5.81. The van der Waals surface area contributed by atoms with Crippen LogP contribution >= 0.6 is 0 Å². The number of nitrogens with zero attached hydrogens (tertiary/aromatic N) is 2. The van der Waals surface area contributed by atoms with Gasteiger partial charge in [-0.05, 0) is 30.9 Å². The molecule has 0 saturated carbocycles. The van der Waals surface area contributed by atoms with Crippen LogP contribution in [0.15, 0.2) is 24.3 Å². The molecule has 22 heavy (non-hydrogen) atoms. The first-order valence-electron chi connectivity index (χ1n) is 7.34. The first-order valence-corrected chi connectivity index (χ1v) is 7.34. The maximum Gasteiger partial charge on any atom is 0.256 e. The largest absolute Gasteiger partial charge is 0.352 e. The van der Waals surface area contributed by atoms with Gasteiger partial charge in [-0.3, -0.25) is 9.59 Å². The van der Waals surface area contributed by atoms with Crippen LogP contribution in [0, 0.1) is 29.0 Å². The average Bonchev–Trinajstić information content (AvgIpc) is 2.53. The Morgan fingerprint density at radius 1 is 1.41 bits per heavy atom. The molecule has 0 radical (unpaired) electrons. The number of hydrogen-bond acceptors (Lipinski definition) is 3. The second kappa shape index (κ2) is 5.76. The highest BCUT2D eigenvalue weighted by atomic mass is 19.1. The smallest absolute Gasteiger partial charge is 0.256 e. The van der Waals surface area contributed by atoms with E-state index in [9.17, 15) is 14.0 Å². The van der Waals surface area contributed by atoms with Crippen LogP contribution in [0.1, 0.15) is 23.2 Å². The third-order valence-corrected chi connectivity index (χ3v) is 4.46. The van der Waals surface area contributed by atoms with Gasteiger partial charge in [0.25, 0.3) is 5.91 Å². The van der Waals surface area contributed by atoms with E-state index in [0.29, 0.717) is 25.9 Å². The lowest BCUT2D eigenvalue weighted by molar-refractivity contribution is -0.128. The predicted molar refractivity (Wildman–Crippen MR) is 76.1 cm³/mol. The lowest BCUT2D eigenvalue weighted by atomic mass is 9.80. The Labute approximate surface area is 127 Å². The van der Waals surface area contributed by atoms with Gasteiger partial charge in [0.2, 0.25) is 5.91 Å². The number of rotatable bonds is 1. The van der Waals surface area contributed by atoms with E-state index in [4.69, 9.17) is 5.26 Å². The van der Waals surface area contributed by atoms with Gasteiger partial charge in [0.1, 0.15) is 11.7 Å². The molecular weight excluding hydrogens is 285 g/mol. The van der Waals surface area contributed by atoms with E-state index in [2.05, 4.69) is 5.32 Å². The minimum absolute atomic E-state index is 0.00164. The zero-order valence-electron chi connectivity index (χ0n) is 12.0. The van der Waals surface area contributed by atoms with Crippen molar-refractivity contribution in [2.24, 2.45) is 11.8 Å². The second-order valence-electron chi connectivity index (χ2n) is 5.81. The number of likely N-dealkylation sites (tertiary alicyclic amines) is 1. The van der Waals surface area contributed by atoms with Gasteiger partial charge in [-0.1, -0.05) is 12.1 Å². The molecule has 2 aliphatic rings. The molecule has 1 aromatic carbocycles. The van der Waals surface area contributed by atoms with Crippen LogP contribution < -0.4 is 5.32 Å². The quantitative estimate of drug-likeness (QED) is 0.850. The molecule has 2 fully saturated rings. The number of carbonyl (C=O) groups excluding carboxylic acids is 2. The van der Waals surface area contributed by atoms with E-state index in [1.54, 1.807) is 17.0 Å². The summed E-state index contributed by atoms with van der Waals surface area (Å²) in [5, 5.41) is 11.9. The molecule has 0 bridgehead atoms. The summed E-state index contributed by atoms with van der Waals surface area (Å²) >= 11 is 0. The van der Waals surface area contributed by atoms with Crippen molar-refractivity contribution in [1.29, 1.82) is 5.26 Å². The third-order valence-electron chi connectivity index (χ3n) is 4.46. The minimum Gasteiger partial charge on any atom is -0.352 e. The van der Waals surface area contributed by atoms with E-state index in [1.807, 2.05) is 6.07 Å². The van der Waals surface area contributed by atoms with Gasteiger partial charge in [-0.25, -0.2) is 4.39 Å². The molecule has 3 atom stereocenters. The van der Waals surface area contributed by atoms with Crippen molar-refractivity contribution in [2.45, 2.75) is 18.9 Å². The fourth-order valence-electron chi connectivity index (χ4n) is 3.25. The molecule has 2 saturated heterocycles. The highest BCUT2D eigenvalue weighted by Crippen LogP contribution is 2.29. The summed E-state index contributed by atoms with van der Waals surface area (Å²) < 4.78 is 13.7. The van der Waals surface area contributed by atoms with Crippen LogP contribution in [0.5, 0.6) is 0 Å². The standard InChI is InChI=1S/C16H16FN3O2/c17-13-4-2-1-3-12(13)16(22)20-6-5-14-11(9-20)7-10(8-18)15(21)19-14/h1-4,10-11,14H,5-7,9H2,(H,19,21). The molecule has 0 spiro atoms. The molecule has 5 nitrogen and oxygen atoms in total. The highest BCUT2D eigenvalue weighted by molar-refractivity contribution is 5.94. The van der Waals surface area contributed by atoms with Crippen molar-refractivity contribution >= 4 is 11.8 Å². The van der Waals surface area contributed by atoms with E-state index in [1.165, 1.54) is 12.1 Å².